The van der Waals surface area contributed by atoms with E-state index in [0.29, 0.717) is 11.2 Å². The van der Waals surface area contributed by atoms with E-state index >= 15 is 0 Å². The quantitative estimate of drug-likeness (QED) is 0.148. The molecular formula is C26H23N7O8S. The average Bonchev–Trinajstić information content (AvgIpc) is 2.96. The molecule has 2 unspecified atom stereocenters. The summed E-state index contributed by atoms with van der Waals surface area (Å²) in [5.74, 6) is -3.73. The van der Waals surface area contributed by atoms with Crippen LogP contribution in [0, 0.1) is 0 Å². The fourth-order valence-corrected chi connectivity index (χ4v) is 5.98. The molecule has 1 saturated heterocycles. The molecule has 0 radical (unpaired) electrons. The number of anilines is 1. The highest BCUT2D eigenvalue weighted by molar-refractivity contribution is 8.00. The summed E-state index contributed by atoms with van der Waals surface area (Å²) in [4.78, 5) is 83.6. The number of primary amides is 1. The van der Waals surface area contributed by atoms with Crippen LogP contribution in [0.25, 0.3) is 11.0 Å². The molecule has 8 N–H and O–H groups in total. The van der Waals surface area contributed by atoms with Gasteiger partial charge in [-0.25, -0.2) is 9.59 Å². The zero-order valence-electron chi connectivity index (χ0n) is 21.5. The number of carbonyl (C=O) groups excluding carboxylic acids is 4. The Balaban J connectivity index is 1.39. The van der Waals surface area contributed by atoms with Crippen LogP contribution in [0.15, 0.2) is 64.9 Å². The van der Waals surface area contributed by atoms with E-state index in [1.165, 1.54) is 24.5 Å². The van der Waals surface area contributed by atoms with Crippen molar-refractivity contribution < 1.29 is 33.8 Å². The number of pyridine rings is 2. The monoisotopic (exact) mass is 593 g/mol. The first-order chi connectivity index (χ1) is 20.1. The molecule has 1 fully saturated rings. The van der Waals surface area contributed by atoms with Crippen molar-refractivity contribution in [2.75, 3.05) is 18.1 Å². The predicted molar refractivity (Wildman–Crippen MR) is 149 cm³/mol. The lowest BCUT2D eigenvalue weighted by Crippen LogP contribution is -2.71. The molecule has 16 heteroatoms. The number of carboxylic acid groups (broad SMARTS) is 1. The molecule has 4 heterocycles. The lowest BCUT2D eigenvalue weighted by Gasteiger charge is -2.49. The molecule has 5 rings (SSSR count). The second kappa shape index (κ2) is 11.2. The van der Waals surface area contributed by atoms with Crippen LogP contribution < -0.4 is 27.5 Å². The Morgan fingerprint density at radius 1 is 1.21 bits per heavy atom. The summed E-state index contributed by atoms with van der Waals surface area (Å²) in [6.07, 6.45) is 1.51. The number of fused-ring (bicyclic) bond motifs is 2. The first-order valence-corrected chi connectivity index (χ1v) is 13.4. The Bertz CT molecular complexity index is 1740. The van der Waals surface area contributed by atoms with Gasteiger partial charge in [-0.3, -0.25) is 29.1 Å². The lowest BCUT2D eigenvalue weighted by molar-refractivity contribution is -0.151. The van der Waals surface area contributed by atoms with Gasteiger partial charge < -0.3 is 36.9 Å². The number of aromatic amines is 1. The molecule has 0 bridgehead atoms. The van der Waals surface area contributed by atoms with E-state index < -0.39 is 59.3 Å². The zero-order valence-corrected chi connectivity index (χ0v) is 22.3. The number of hydrogen-bond donors (Lipinski definition) is 6. The van der Waals surface area contributed by atoms with Crippen molar-refractivity contribution in [1.82, 2.24) is 25.5 Å². The summed E-state index contributed by atoms with van der Waals surface area (Å²) >= 11 is 1.15. The Morgan fingerprint density at radius 3 is 2.71 bits per heavy atom. The summed E-state index contributed by atoms with van der Waals surface area (Å²) in [7, 11) is 0. The number of nitrogen functional groups attached to an aromatic ring is 1. The number of benzene rings is 1. The minimum Gasteiger partial charge on any atom is -0.477 e. The molecule has 2 aliphatic rings. The SMILES string of the molecule is NC(=O)OCC1=C(C(=O)O)N2C(=O)C(NC(=O)C(NC(=O)c3c[nH]c4cccnc4c3=O)c3cccc(N)c3)[C@@H]2SC1. The molecule has 0 saturated carbocycles. The predicted octanol–water partition coefficient (Wildman–Crippen LogP) is -0.190. The molecule has 4 amide bonds. The van der Waals surface area contributed by atoms with E-state index in [1.54, 1.807) is 24.3 Å². The fraction of sp³-hybridized carbons (Fsp3) is 0.192. The average molecular weight is 594 g/mol. The van der Waals surface area contributed by atoms with Crippen molar-refractivity contribution in [2.24, 2.45) is 5.73 Å². The highest BCUT2D eigenvalue weighted by atomic mass is 32.2. The first-order valence-electron chi connectivity index (χ1n) is 12.3. The number of nitrogens with two attached hydrogens (primary N) is 2. The van der Waals surface area contributed by atoms with Crippen molar-refractivity contribution in [3.05, 3.63) is 81.4 Å². The number of aliphatic carboxylic acids is 1. The smallest absolute Gasteiger partial charge is 0.404 e. The van der Waals surface area contributed by atoms with E-state index in [-0.39, 0.29) is 33.7 Å². The van der Waals surface area contributed by atoms with Gasteiger partial charge in [-0.2, -0.15) is 0 Å². The maximum absolute atomic E-state index is 13.6. The number of amides is 4. The number of nitrogens with one attached hydrogen (secondary N) is 3. The minimum absolute atomic E-state index is 0.0347. The molecule has 216 valence electrons. The Hall–Kier alpha value is -5.38. The third kappa shape index (κ3) is 5.22. The standard InChI is InChI=1S/C26H23N7O8S/c27-13-4-1-3-11(7-13)16(31-21(35)14-8-30-15-5-2-6-29-17(15)20(14)34)22(36)32-18-23(37)33-19(25(38)39)12(9-41-26(28)40)10-42-24(18)33/h1-8,16,18,24H,9-10,27H2,(H2,28,40)(H,30,34)(H,31,35)(H,32,36)(H,38,39)/t16?,18?,24-/m0/s1. The highest BCUT2D eigenvalue weighted by Crippen LogP contribution is 2.40. The third-order valence-corrected chi connectivity index (χ3v) is 7.94. The molecular weight excluding hydrogens is 570 g/mol. The highest BCUT2D eigenvalue weighted by Gasteiger charge is 2.54. The molecule has 0 spiro atoms. The topological polar surface area (TPSA) is 240 Å². The number of nitrogens with zero attached hydrogens (tertiary/aromatic N) is 2. The Kier molecular flexibility index (Phi) is 7.54. The maximum atomic E-state index is 13.6. The van der Waals surface area contributed by atoms with Crippen LogP contribution in [0.3, 0.4) is 0 Å². The van der Waals surface area contributed by atoms with Gasteiger partial charge in [-0.05, 0) is 29.8 Å². The molecule has 0 aliphatic carbocycles. The lowest BCUT2D eigenvalue weighted by atomic mass is 10.0. The van der Waals surface area contributed by atoms with Gasteiger partial charge in [-0.1, -0.05) is 12.1 Å². The van der Waals surface area contributed by atoms with Crippen LogP contribution >= 0.6 is 11.8 Å². The minimum atomic E-state index is -1.42. The summed E-state index contributed by atoms with van der Waals surface area (Å²) in [5, 5.41) is 14.1. The van der Waals surface area contributed by atoms with Gasteiger partial charge in [0, 0.05) is 29.4 Å². The number of carbonyl (C=O) groups is 5. The summed E-state index contributed by atoms with van der Waals surface area (Å²) in [5.41, 5.74) is 10.8. The molecule has 42 heavy (non-hydrogen) atoms. The number of aromatic nitrogens is 2. The van der Waals surface area contributed by atoms with Gasteiger partial charge in [0.1, 0.15) is 40.8 Å². The van der Waals surface area contributed by atoms with E-state index in [9.17, 15) is 33.9 Å². The zero-order chi connectivity index (χ0) is 30.1. The van der Waals surface area contributed by atoms with Crippen LogP contribution in [0.2, 0.25) is 0 Å². The van der Waals surface area contributed by atoms with Crippen LogP contribution in [0.5, 0.6) is 0 Å². The van der Waals surface area contributed by atoms with Crippen molar-refractivity contribution in [1.29, 1.82) is 0 Å². The summed E-state index contributed by atoms with van der Waals surface area (Å²) in [6.45, 7) is -0.412. The van der Waals surface area contributed by atoms with Crippen molar-refractivity contribution in [3.63, 3.8) is 0 Å². The number of H-pyrrole nitrogens is 1. The number of rotatable bonds is 8. The van der Waals surface area contributed by atoms with Gasteiger partial charge >= 0.3 is 12.1 Å². The van der Waals surface area contributed by atoms with E-state index in [1.807, 2.05) is 0 Å². The van der Waals surface area contributed by atoms with Crippen LogP contribution in [-0.2, 0) is 19.1 Å². The molecule has 3 aromatic rings. The maximum Gasteiger partial charge on any atom is 0.404 e. The Morgan fingerprint density at radius 2 is 2.00 bits per heavy atom. The fourth-order valence-electron chi connectivity index (χ4n) is 4.65. The Labute approximate surface area is 240 Å². The van der Waals surface area contributed by atoms with E-state index in [4.69, 9.17) is 16.2 Å². The van der Waals surface area contributed by atoms with Gasteiger partial charge in [-0.15, -0.1) is 11.8 Å². The molecule has 1 aromatic carbocycles. The third-order valence-electron chi connectivity index (χ3n) is 6.60. The molecule has 3 atom stereocenters. The van der Waals surface area contributed by atoms with Gasteiger partial charge in [0.15, 0.2) is 0 Å². The van der Waals surface area contributed by atoms with Crippen LogP contribution in [-0.4, -0.2) is 73.5 Å². The largest absolute Gasteiger partial charge is 0.477 e. The number of β-lactam (4-membered cyclic amide) rings is 1. The van der Waals surface area contributed by atoms with Crippen molar-refractivity contribution in [3.8, 4) is 0 Å². The number of ether oxygens (including phenoxy) is 1. The second-order valence-corrected chi connectivity index (χ2v) is 10.4. The van der Waals surface area contributed by atoms with Crippen molar-refractivity contribution >= 4 is 58.3 Å². The molecule has 2 aromatic heterocycles. The van der Waals surface area contributed by atoms with Crippen LogP contribution in [0.4, 0.5) is 10.5 Å². The molecule has 15 nitrogen and oxygen atoms in total. The number of carboxylic acids is 1. The number of hydrogen-bond acceptors (Lipinski definition) is 10. The van der Waals surface area contributed by atoms with Crippen molar-refractivity contribution in [2.45, 2.75) is 17.5 Å². The normalized spacial score (nSPS) is 18.5. The van der Waals surface area contributed by atoms with E-state index in [2.05, 4.69) is 20.6 Å². The van der Waals surface area contributed by atoms with Gasteiger partial charge in [0.25, 0.3) is 11.8 Å². The second-order valence-electron chi connectivity index (χ2n) is 9.27. The van der Waals surface area contributed by atoms with Gasteiger partial charge in [0.05, 0.1) is 5.52 Å². The van der Waals surface area contributed by atoms with Crippen LogP contribution in [0.1, 0.15) is 22.0 Å². The number of thioether (sulfide) groups is 1. The van der Waals surface area contributed by atoms with E-state index in [0.717, 1.165) is 16.7 Å². The molecule has 2 aliphatic heterocycles. The first kappa shape index (κ1) is 28.2. The summed E-state index contributed by atoms with van der Waals surface area (Å²) in [6, 6.07) is 6.85. The van der Waals surface area contributed by atoms with Gasteiger partial charge in [0.2, 0.25) is 11.3 Å². The summed E-state index contributed by atoms with van der Waals surface area (Å²) < 4.78 is 4.71.